The molecule has 2 aromatic heterocycles. The lowest BCUT2D eigenvalue weighted by Gasteiger charge is -2.09. The molecule has 1 amide bonds. The van der Waals surface area contributed by atoms with E-state index in [-0.39, 0.29) is 19.0 Å². The number of hydrogen-bond donors (Lipinski definition) is 1. The average Bonchev–Trinajstić information content (AvgIpc) is 3.01. The van der Waals surface area contributed by atoms with Gasteiger partial charge >= 0.3 is 11.6 Å². The molecule has 29 heavy (non-hydrogen) atoms. The maximum Gasteiger partial charge on any atom is 0.348 e. The normalized spacial score (nSPS) is 10.8. The van der Waals surface area contributed by atoms with Crippen LogP contribution in [-0.2, 0) is 9.53 Å². The molecule has 0 aliphatic carbocycles. The topological polar surface area (TPSA) is 94.8 Å². The summed E-state index contributed by atoms with van der Waals surface area (Å²) in [6.45, 7) is 5.23. The summed E-state index contributed by atoms with van der Waals surface area (Å²) in [7, 11) is 0. The number of ether oxygens (including phenoxy) is 2. The third-order valence-corrected chi connectivity index (χ3v) is 5.43. The van der Waals surface area contributed by atoms with Gasteiger partial charge in [-0.25, -0.2) is 9.59 Å². The van der Waals surface area contributed by atoms with Crippen LogP contribution in [0, 0.1) is 13.8 Å². The Morgan fingerprint density at radius 3 is 2.66 bits per heavy atom. The second-order valence-corrected chi connectivity index (χ2v) is 7.67. The number of hydrogen-bond acceptors (Lipinski definition) is 7. The van der Waals surface area contributed by atoms with E-state index < -0.39 is 17.5 Å². The standard InChI is InChI=1S/C20H18ClNO6S/c1-4-26-20(25)19-11(3)5-17(29-19)22-16(23)9-27-15-8-14-12(7-13(15)21)10(2)6-18(24)28-14/h5-8H,4,9H2,1-3H3,(H,22,23). The molecule has 0 aliphatic heterocycles. The molecule has 0 fully saturated rings. The number of nitrogens with one attached hydrogen (secondary N) is 1. The molecule has 3 rings (SSSR count). The highest BCUT2D eigenvalue weighted by Crippen LogP contribution is 2.31. The van der Waals surface area contributed by atoms with Crippen molar-refractivity contribution in [3.63, 3.8) is 0 Å². The number of amides is 1. The predicted octanol–water partition coefficient (Wildman–Crippen LogP) is 4.32. The first-order chi connectivity index (χ1) is 13.8. The molecule has 0 aliphatic rings. The van der Waals surface area contributed by atoms with E-state index in [1.54, 1.807) is 32.9 Å². The van der Waals surface area contributed by atoms with Crippen LogP contribution in [-0.4, -0.2) is 25.1 Å². The van der Waals surface area contributed by atoms with Gasteiger partial charge in [-0.3, -0.25) is 4.79 Å². The van der Waals surface area contributed by atoms with Crippen molar-refractivity contribution in [2.75, 3.05) is 18.5 Å². The van der Waals surface area contributed by atoms with Crippen LogP contribution in [0.25, 0.3) is 11.0 Å². The smallest absolute Gasteiger partial charge is 0.348 e. The van der Waals surface area contributed by atoms with Gasteiger partial charge in [0.15, 0.2) is 6.61 Å². The quantitative estimate of drug-likeness (QED) is 0.457. The fourth-order valence-electron chi connectivity index (χ4n) is 2.69. The van der Waals surface area contributed by atoms with Crippen LogP contribution in [0.3, 0.4) is 0 Å². The first-order valence-electron chi connectivity index (χ1n) is 8.72. The number of aryl methyl sites for hydroxylation is 2. The van der Waals surface area contributed by atoms with Gasteiger partial charge < -0.3 is 19.2 Å². The second kappa shape index (κ2) is 8.67. The van der Waals surface area contributed by atoms with Crippen LogP contribution in [0.15, 0.2) is 33.5 Å². The number of carbonyl (C=O) groups is 2. The first-order valence-corrected chi connectivity index (χ1v) is 9.92. The molecule has 1 aromatic carbocycles. The molecule has 0 radical (unpaired) electrons. The highest BCUT2D eigenvalue weighted by molar-refractivity contribution is 7.18. The molecular formula is C20H18ClNO6S. The van der Waals surface area contributed by atoms with Crippen molar-refractivity contribution < 1.29 is 23.5 Å². The number of benzene rings is 1. The van der Waals surface area contributed by atoms with E-state index in [0.717, 1.165) is 16.9 Å². The summed E-state index contributed by atoms with van der Waals surface area (Å²) in [4.78, 5) is 36.1. The SMILES string of the molecule is CCOC(=O)c1sc(NC(=O)COc2cc3oc(=O)cc(C)c3cc2Cl)cc1C. The lowest BCUT2D eigenvalue weighted by molar-refractivity contribution is -0.118. The van der Waals surface area contributed by atoms with E-state index in [2.05, 4.69) is 5.32 Å². The van der Waals surface area contributed by atoms with E-state index >= 15 is 0 Å². The Hall–Kier alpha value is -2.84. The Morgan fingerprint density at radius 1 is 1.17 bits per heavy atom. The summed E-state index contributed by atoms with van der Waals surface area (Å²) >= 11 is 7.35. The minimum absolute atomic E-state index is 0.220. The van der Waals surface area contributed by atoms with Crippen molar-refractivity contribution in [2.24, 2.45) is 0 Å². The number of anilines is 1. The first kappa shape index (κ1) is 20.9. The minimum atomic E-state index is -0.480. The van der Waals surface area contributed by atoms with Gasteiger partial charge in [-0.05, 0) is 44.0 Å². The maximum absolute atomic E-state index is 12.2. The summed E-state index contributed by atoms with van der Waals surface area (Å²) in [5.41, 5.74) is 1.29. The zero-order chi connectivity index (χ0) is 21.1. The summed E-state index contributed by atoms with van der Waals surface area (Å²) in [5.74, 6) is -0.632. The number of esters is 1. The summed E-state index contributed by atoms with van der Waals surface area (Å²) in [5, 5.41) is 4.16. The fourth-order valence-corrected chi connectivity index (χ4v) is 3.89. The van der Waals surface area contributed by atoms with E-state index in [4.69, 9.17) is 25.5 Å². The van der Waals surface area contributed by atoms with E-state index in [0.29, 0.717) is 31.4 Å². The number of rotatable bonds is 6. The molecule has 0 atom stereocenters. The maximum atomic E-state index is 12.2. The number of thiophene rings is 1. The second-order valence-electron chi connectivity index (χ2n) is 6.21. The zero-order valence-corrected chi connectivity index (χ0v) is 17.5. The summed E-state index contributed by atoms with van der Waals surface area (Å²) in [6, 6.07) is 6.17. The summed E-state index contributed by atoms with van der Waals surface area (Å²) < 4.78 is 15.6. The van der Waals surface area contributed by atoms with Crippen LogP contribution in [0.1, 0.15) is 27.7 Å². The van der Waals surface area contributed by atoms with Crippen molar-refractivity contribution in [3.05, 3.63) is 55.7 Å². The Labute approximate surface area is 175 Å². The molecule has 3 aromatic rings. The molecule has 0 unspecified atom stereocenters. The van der Waals surface area contributed by atoms with Crippen LogP contribution >= 0.6 is 22.9 Å². The largest absolute Gasteiger partial charge is 0.482 e. The van der Waals surface area contributed by atoms with Crippen LogP contribution < -0.4 is 15.7 Å². The van der Waals surface area contributed by atoms with Gasteiger partial charge in [0.25, 0.3) is 5.91 Å². The molecule has 2 heterocycles. The van der Waals surface area contributed by atoms with Gasteiger partial charge in [0.05, 0.1) is 16.6 Å². The van der Waals surface area contributed by atoms with Crippen LogP contribution in [0.4, 0.5) is 5.00 Å². The lowest BCUT2D eigenvalue weighted by Crippen LogP contribution is -2.19. The van der Waals surface area contributed by atoms with Crippen molar-refractivity contribution in [3.8, 4) is 5.75 Å². The molecule has 0 bridgehead atoms. The number of fused-ring (bicyclic) bond motifs is 1. The molecule has 1 N–H and O–H groups in total. The van der Waals surface area contributed by atoms with Gasteiger partial charge in [-0.15, -0.1) is 11.3 Å². The average molecular weight is 436 g/mol. The Bertz CT molecular complexity index is 1150. The Morgan fingerprint density at radius 2 is 1.93 bits per heavy atom. The highest BCUT2D eigenvalue weighted by atomic mass is 35.5. The predicted molar refractivity (Wildman–Crippen MR) is 111 cm³/mol. The van der Waals surface area contributed by atoms with E-state index in [1.165, 1.54) is 12.1 Å². The molecule has 9 heteroatoms. The Balaban J connectivity index is 1.70. The monoisotopic (exact) mass is 435 g/mol. The third-order valence-electron chi connectivity index (χ3n) is 4.00. The molecule has 152 valence electrons. The van der Waals surface area contributed by atoms with Crippen molar-refractivity contribution >= 4 is 50.8 Å². The van der Waals surface area contributed by atoms with Gasteiger partial charge in [0.1, 0.15) is 16.2 Å². The van der Waals surface area contributed by atoms with Crippen LogP contribution in [0.5, 0.6) is 5.75 Å². The molecule has 0 saturated carbocycles. The third kappa shape index (κ3) is 4.78. The van der Waals surface area contributed by atoms with E-state index in [9.17, 15) is 14.4 Å². The van der Waals surface area contributed by atoms with Crippen molar-refractivity contribution in [1.82, 2.24) is 0 Å². The van der Waals surface area contributed by atoms with Crippen LogP contribution in [0.2, 0.25) is 5.02 Å². The zero-order valence-electron chi connectivity index (χ0n) is 16.0. The number of carbonyl (C=O) groups excluding carboxylic acids is 2. The molecule has 0 saturated heterocycles. The van der Waals surface area contributed by atoms with Gasteiger partial charge in [0.2, 0.25) is 0 Å². The fraction of sp³-hybridized carbons (Fsp3) is 0.250. The molecule has 7 nitrogen and oxygen atoms in total. The van der Waals surface area contributed by atoms with Gasteiger partial charge in [-0.2, -0.15) is 0 Å². The van der Waals surface area contributed by atoms with Crippen molar-refractivity contribution in [2.45, 2.75) is 20.8 Å². The minimum Gasteiger partial charge on any atom is -0.482 e. The molecule has 0 spiro atoms. The van der Waals surface area contributed by atoms with Crippen molar-refractivity contribution in [1.29, 1.82) is 0 Å². The number of halogens is 1. The highest BCUT2D eigenvalue weighted by Gasteiger charge is 2.16. The Kier molecular flexibility index (Phi) is 6.24. The van der Waals surface area contributed by atoms with Gasteiger partial charge in [-0.1, -0.05) is 11.6 Å². The molecular weight excluding hydrogens is 418 g/mol. The lowest BCUT2D eigenvalue weighted by atomic mass is 10.1. The van der Waals surface area contributed by atoms with Gasteiger partial charge in [0, 0.05) is 17.5 Å². The summed E-state index contributed by atoms with van der Waals surface area (Å²) in [6.07, 6.45) is 0. The van der Waals surface area contributed by atoms with E-state index in [1.807, 2.05) is 0 Å².